The van der Waals surface area contributed by atoms with E-state index in [9.17, 15) is 117 Å². The molecule has 23 fully saturated rings. The van der Waals surface area contributed by atoms with Gasteiger partial charge in [-0.15, -0.1) is 22.0 Å². The Kier molecular flexibility index (Phi) is 25.0. The normalized spacial score (nSPS) is 51.7. The molecule has 1 aliphatic carbocycles. The molecule has 96 heavy (non-hydrogen) atoms. The molecule has 23 rings (SSSR count). The molecular formula is C56H91N2O37S. The lowest BCUT2D eigenvalue weighted by atomic mass is 9.78. The summed E-state index contributed by atoms with van der Waals surface area (Å²) in [7, 11) is 0. The van der Waals surface area contributed by atoms with Gasteiger partial charge in [0.05, 0.1) is 51.0 Å². The fraction of sp³-hybridized carbons (Fsp3) is 0.964. The number of Topliss-reactive ketones (excluding diaryl/α,β-unsaturated/α-hetero) is 2. The van der Waals surface area contributed by atoms with Crippen LogP contribution >= 0.6 is 11.8 Å². The number of hydroxylamine groups is 2. The number of aliphatic hydroxyl groups excluding tert-OH is 20. The van der Waals surface area contributed by atoms with Gasteiger partial charge in [-0.1, -0.05) is 0 Å². The van der Waals surface area contributed by atoms with Gasteiger partial charge in [-0.3, -0.25) is 14.9 Å². The molecule has 553 valence electrons. The quantitative estimate of drug-likeness (QED) is 0.0854. The van der Waals surface area contributed by atoms with Gasteiger partial charge in [-0.05, 0) is 40.5 Å². The highest BCUT2D eigenvalue weighted by Crippen LogP contribution is 2.42. The highest BCUT2D eigenvalue weighted by Gasteiger charge is 2.60. The van der Waals surface area contributed by atoms with Crippen LogP contribution in [0.1, 0.15) is 47.0 Å². The SMILES string of the molecule is CC1(C)CC(NC2C(=O)CC(SCC3OC4OC5C(CO)OC(OC6C(CO)OC(OC7C(CO)OC(OC8C(CO)OC(OC9C(CO)OC(OC%10C(CO)OC(OC3C(O)C4O)C(O)C%10O)C(O)C9O)C(O)C8O)C(O)C7O)C(O)C6O)C(O)C5O)C2=O)CC(C)(C)N1[O]. The Labute approximate surface area is 551 Å². The molecule has 1 saturated carbocycles. The van der Waals surface area contributed by atoms with Gasteiger partial charge < -0.3 is 168 Å². The fourth-order valence-electron chi connectivity index (χ4n) is 14.3. The summed E-state index contributed by atoms with van der Waals surface area (Å²) in [5, 5.41) is 242. The molecule has 37 unspecified atom stereocenters. The molecule has 22 saturated heterocycles. The number of hydrogen-bond donors (Lipinski definition) is 21. The molecule has 14 bridgehead atoms. The number of nitrogens with zero attached hydrogens (tertiary/aromatic N) is 1. The van der Waals surface area contributed by atoms with Crippen molar-refractivity contribution < 1.29 is 183 Å². The van der Waals surface area contributed by atoms with Crippen molar-refractivity contribution in [3.05, 3.63) is 0 Å². The molecule has 0 aromatic heterocycles. The molecule has 40 heteroatoms. The highest BCUT2D eigenvalue weighted by atomic mass is 32.2. The summed E-state index contributed by atoms with van der Waals surface area (Å²) in [6.45, 7) is 0.457. The number of thioether (sulfide) groups is 1. The molecule has 39 nitrogen and oxygen atoms in total. The predicted octanol–water partition coefficient (Wildman–Crippen LogP) is -13.3. The van der Waals surface area contributed by atoms with E-state index in [1.165, 1.54) is 0 Å². The minimum absolute atomic E-state index is 0.275. The van der Waals surface area contributed by atoms with Crippen LogP contribution in [0.15, 0.2) is 0 Å². The summed E-state index contributed by atoms with van der Waals surface area (Å²) in [5.41, 5.74) is -1.76. The Morgan fingerprint density at radius 3 is 0.812 bits per heavy atom. The molecule has 23 aliphatic rings. The van der Waals surface area contributed by atoms with E-state index >= 15 is 0 Å². The van der Waals surface area contributed by atoms with Crippen molar-refractivity contribution in [2.45, 2.75) is 290 Å². The number of ether oxygens (including phenoxy) is 14. The number of carbonyl (C=O) groups is 2. The van der Waals surface area contributed by atoms with E-state index in [4.69, 9.17) is 66.3 Å². The second-order valence-electron chi connectivity index (χ2n) is 27.0. The van der Waals surface area contributed by atoms with Gasteiger partial charge in [0.15, 0.2) is 55.6 Å². The Bertz CT molecular complexity index is 2530. The van der Waals surface area contributed by atoms with Crippen molar-refractivity contribution in [3.8, 4) is 0 Å². The van der Waals surface area contributed by atoms with Gasteiger partial charge in [-0.25, -0.2) is 0 Å². The van der Waals surface area contributed by atoms with Crippen molar-refractivity contribution in [2.75, 3.05) is 45.4 Å². The first kappa shape index (κ1) is 76.8. The van der Waals surface area contributed by atoms with Gasteiger partial charge in [0.25, 0.3) is 0 Å². The van der Waals surface area contributed by atoms with Crippen LogP contribution in [-0.2, 0) is 81.1 Å². The van der Waals surface area contributed by atoms with E-state index in [1.54, 1.807) is 27.7 Å². The van der Waals surface area contributed by atoms with Crippen LogP contribution in [0, 0.1) is 0 Å². The third-order valence-corrected chi connectivity index (χ3v) is 20.7. The first-order valence-electron chi connectivity index (χ1n) is 31.6. The Hall–Kier alpha value is -1.79. The summed E-state index contributed by atoms with van der Waals surface area (Å²) in [5.74, 6) is -1.53. The summed E-state index contributed by atoms with van der Waals surface area (Å²) < 4.78 is 81.8. The van der Waals surface area contributed by atoms with Crippen LogP contribution in [0.4, 0.5) is 0 Å². The average Bonchev–Trinajstić information content (AvgIpc) is 0.872. The highest BCUT2D eigenvalue weighted by molar-refractivity contribution is 8.00. The van der Waals surface area contributed by atoms with Gasteiger partial charge in [0.2, 0.25) is 0 Å². The van der Waals surface area contributed by atoms with Crippen LogP contribution in [0.5, 0.6) is 0 Å². The Balaban J connectivity index is 0.937. The standard InChI is InChI=1S/C56H91N2O37S/c1-55(2)6-15(7-56(3,4)58(55)81)57-25-16(65)5-24(26(25)66)96-14-23-47-33(73)40(80)54(88-23)94-46-22(13-64)86-52(38(78)31(46)71)92-44-20(11-62)84-50(36(76)29(44)69)90-42-18(9-60)82-48(34(74)27(42)67)89-41-17(8-59)83-49(35(75)28(41)68)91-43-19(10-61)85-51(37(77)30(43)70)93-45-21(12-63)87-53(95-47)39(79)32(45)72/h15,17-25,27-54,57,59-64,67-80H,5-14H2,1-4H3. The second-order valence-corrected chi connectivity index (χ2v) is 28.2. The third-order valence-electron chi connectivity index (χ3n) is 19.4. The van der Waals surface area contributed by atoms with E-state index in [-0.39, 0.29) is 19.3 Å². The summed E-state index contributed by atoms with van der Waals surface area (Å²) in [6.07, 6.45) is -71.7. The Morgan fingerprint density at radius 2 is 0.583 bits per heavy atom. The smallest absolute Gasteiger partial charge is 0.187 e. The average molecular weight is 1420 g/mol. The van der Waals surface area contributed by atoms with Crippen LogP contribution in [0.3, 0.4) is 0 Å². The van der Waals surface area contributed by atoms with Crippen LogP contribution in [-0.4, -0.2) is 408 Å². The molecule has 0 spiro atoms. The van der Waals surface area contributed by atoms with Crippen LogP contribution in [0.25, 0.3) is 0 Å². The lowest BCUT2D eigenvalue weighted by Gasteiger charge is -2.50. The van der Waals surface area contributed by atoms with Gasteiger partial charge in [0.1, 0.15) is 171 Å². The van der Waals surface area contributed by atoms with Gasteiger partial charge >= 0.3 is 0 Å². The Morgan fingerprint density at radius 1 is 0.365 bits per heavy atom. The first-order chi connectivity index (χ1) is 45.3. The fourth-order valence-corrected chi connectivity index (χ4v) is 15.6. The monoisotopic (exact) mass is 1420 g/mol. The number of carbonyl (C=O) groups excluding carboxylic acids is 2. The zero-order chi connectivity index (χ0) is 70.1. The van der Waals surface area contributed by atoms with Crippen molar-refractivity contribution in [1.82, 2.24) is 10.4 Å². The van der Waals surface area contributed by atoms with Crippen molar-refractivity contribution in [1.29, 1.82) is 0 Å². The molecule has 0 aromatic rings. The second kappa shape index (κ2) is 31.3. The largest absolute Gasteiger partial charge is 0.394 e. The number of aliphatic hydroxyl groups is 20. The molecule has 37 atom stereocenters. The van der Waals surface area contributed by atoms with Crippen LogP contribution in [0.2, 0.25) is 0 Å². The molecule has 22 heterocycles. The maximum absolute atomic E-state index is 14.2. The lowest BCUT2D eigenvalue weighted by Crippen LogP contribution is -2.68. The summed E-state index contributed by atoms with van der Waals surface area (Å²) in [4.78, 5) is 27.8. The predicted molar refractivity (Wildman–Crippen MR) is 303 cm³/mol. The van der Waals surface area contributed by atoms with Crippen molar-refractivity contribution in [2.24, 2.45) is 0 Å². The van der Waals surface area contributed by atoms with E-state index in [0.717, 1.165) is 16.8 Å². The molecular weight excluding hydrogens is 1320 g/mol. The van der Waals surface area contributed by atoms with Crippen molar-refractivity contribution >= 4 is 23.3 Å². The zero-order valence-electron chi connectivity index (χ0n) is 52.3. The zero-order valence-corrected chi connectivity index (χ0v) is 53.1. The van der Waals surface area contributed by atoms with E-state index < -0.39 is 300 Å². The van der Waals surface area contributed by atoms with Crippen LogP contribution < -0.4 is 5.32 Å². The number of nitrogens with one attached hydrogen (secondary N) is 1. The number of ketones is 2. The van der Waals surface area contributed by atoms with E-state index in [2.05, 4.69) is 5.32 Å². The van der Waals surface area contributed by atoms with Crippen molar-refractivity contribution in [3.63, 3.8) is 0 Å². The third kappa shape index (κ3) is 15.1. The minimum Gasteiger partial charge on any atom is -0.394 e. The lowest BCUT2D eigenvalue weighted by molar-refractivity contribution is -0.396. The molecule has 0 amide bonds. The summed E-state index contributed by atoms with van der Waals surface area (Å²) >= 11 is 0.815. The topological polar surface area (TPSA) is 603 Å². The maximum Gasteiger partial charge on any atom is 0.187 e. The van der Waals surface area contributed by atoms with Gasteiger partial charge in [0, 0.05) is 29.3 Å². The number of rotatable bonds is 11. The minimum atomic E-state index is -2.29. The maximum atomic E-state index is 14.2. The molecule has 21 N–H and O–H groups in total. The van der Waals surface area contributed by atoms with E-state index in [1.807, 2.05) is 0 Å². The number of hydrogen-bond acceptors (Lipinski definition) is 39. The summed E-state index contributed by atoms with van der Waals surface area (Å²) in [6, 6.07) is -1.77. The molecule has 22 aliphatic heterocycles. The first-order valence-corrected chi connectivity index (χ1v) is 32.6. The van der Waals surface area contributed by atoms with Gasteiger partial charge in [-0.2, -0.15) is 0 Å². The molecule has 1 radical (unpaired) electrons. The van der Waals surface area contributed by atoms with E-state index in [0.29, 0.717) is 0 Å². The number of piperidine rings is 1. The molecule has 0 aromatic carbocycles.